The van der Waals surface area contributed by atoms with Gasteiger partial charge in [0.05, 0.1) is 12.5 Å². The maximum Gasteiger partial charge on any atom is 0.225 e. The number of hydrogen-bond donors (Lipinski definition) is 2. The lowest BCUT2D eigenvalue weighted by molar-refractivity contribution is -0.120. The van der Waals surface area contributed by atoms with E-state index in [0.29, 0.717) is 6.42 Å². The van der Waals surface area contributed by atoms with Crippen LogP contribution in [0.15, 0.2) is 91.1 Å². The van der Waals surface area contributed by atoms with Crippen LogP contribution in [0.25, 0.3) is 10.9 Å². The molecule has 0 saturated carbocycles. The SMILES string of the molecule is O=C(Cc1ccc2[nH]ccc2c1)NC(c1ccccc1)c1ccccc1. The van der Waals surface area contributed by atoms with Crippen molar-refractivity contribution in [1.82, 2.24) is 10.3 Å². The standard InChI is InChI=1S/C23H20N2O/c26-22(16-17-11-12-21-20(15-17)13-14-24-21)25-23(18-7-3-1-4-8-18)19-9-5-2-6-10-19/h1-15,23-24H,16H2,(H,25,26). The Morgan fingerprint density at radius 3 is 2.15 bits per heavy atom. The number of benzene rings is 3. The normalized spacial score (nSPS) is 11.0. The zero-order chi connectivity index (χ0) is 17.8. The average Bonchev–Trinajstić information content (AvgIpc) is 3.15. The van der Waals surface area contributed by atoms with Gasteiger partial charge in [-0.15, -0.1) is 0 Å². The van der Waals surface area contributed by atoms with Crippen molar-refractivity contribution >= 4 is 16.8 Å². The van der Waals surface area contributed by atoms with E-state index in [9.17, 15) is 4.79 Å². The number of H-pyrrole nitrogens is 1. The minimum atomic E-state index is -0.152. The summed E-state index contributed by atoms with van der Waals surface area (Å²) in [6.45, 7) is 0. The summed E-state index contributed by atoms with van der Waals surface area (Å²) in [6.07, 6.45) is 2.27. The van der Waals surface area contributed by atoms with E-state index in [1.165, 1.54) is 0 Å². The molecule has 3 nitrogen and oxygen atoms in total. The molecule has 4 rings (SSSR count). The largest absolute Gasteiger partial charge is 0.361 e. The van der Waals surface area contributed by atoms with Crippen molar-refractivity contribution in [3.8, 4) is 0 Å². The summed E-state index contributed by atoms with van der Waals surface area (Å²) < 4.78 is 0. The van der Waals surface area contributed by atoms with E-state index in [2.05, 4.69) is 16.4 Å². The number of aromatic amines is 1. The van der Waals surface area contributed by atoms with Crippen molar-refractivity contribution in [2.45, 2.75) is 12.5 Å². The Bertz CT molecular complexity index is 967. The Kier molecular flexibility index (Phi) is 4.52. The van der Waals surface area contributed by atoms with Gasteiger partial charge < -0.3 is 10.3 Å². The van der Waals surface area contributed by atoms with Crippen LogP contribution >= 0.6 is 0 Å². The fourth-order valence-electron chi connectivity index (χ4n) is 3.26. The Labute approximate surface area is 152 Å². The molecule has 0 saturated heterocycles. The lowest BCUT2D eigenvalue weighted by Gasteiger charge is -2.20. The Balaban J connectivity index is 1.56. The van der Waals surface area contributed by atoms with E-state index < -0.39 is 0 Å². The summed E-state index contributed by atoms with van der Waals surface area (Å²) in [5.74, 6) is 0.0117. The molecule has 1 heterocycles. The van der Waals surface area contributed by atoms with Gasteiger partial charge in [-0.2, -0.15) is 0 Å². The van der Waals surface area contributed by atoms with E-state index in [4.69, 9.17) is 0 Å². The highest BCUT2D eigenvalue weighted by Gasteiger charge is 2.16. The molecule has 0 aliphatic rings. The maximum absolute atomic E-state index is 12.7. The average molecular weight is 340 g/mol. The number of fused-ring (bicyclic) bond motifs is 1. The van der Waals surface area contributed by atoms with E-state index in [1.54, 1.807) is 0 Å². The molecule has 0 spiro atoms. The number of rotatable bonds is 5. The van der Waals surface area contributed by atoms with Gasteiger partial charge in [0.25, 0.3) is 0 Å². The van der Waals surface area contributed by atoms with Crippen molar-refractivity contribution in [2.75, 3.05) is 0 Å². The second-order valence-corrected chi connectivity index (χ2v) is 6.40. The summed E-state index contributed by atoms with van der Waals surface area (Å²) in [5, 5.41) is 4.32. The van der Waals surface area contributed by atoms with Crippen LogP contribution in [0, 0.1) is 0 Å². The van der Waals surface area contributed by atoms with Gasteiger partial charge in [-0.1, -0.05) is 66.7 Å². The first-order valence-corrected chi connectivity index (χ1v) is 8.75. The predicted octanol–water partition coefficient (Wildman–Crippen LogP) is 4.62. The number of carbonyl (C=O) groups excluding carboxylic acids is 1. The summed E-state index contributed by atoms with van der Waals surface area (Å²) in [4.78, 5) is 15.9. The fourth-order valence-corrected chi connectivity index (χ4v) is 3.26. The monoisotopic (exact) mass is 340 g/mol. The van der Waals surface area contributed by atoms with Gasteiger partial charge in [-0.25, -0.2) is 0 Å². The maximum atomic E-state index is 12.7. The molecule has 0 aliphatic heterocycles. The smallest absolute Gasteiger partial charge is 0.225 e. The Morgan fingerprint density at radius 2 is 1.50 bits per heavy atom. The summed E-state index contributed by atoms with van der Waals surface area (Å²) in [7, 11) is 0. The molecule has 128 valence electrons. The molecule has 3 aromatic carbocycles. The van der Waals surface area contributed by atoms with Crippen LogP contribution in [0.3, 0.4) is 0 Å². The molecule has 26 heavy (non-hydrogen) atoms. The first-order valence-electron chi connectivity index (χ1n) is 8.75. The molecule has 3 heteroatoms. The zero-order valence-corrected chi connectivity index (χ0v) is 14.4. The molecule has 4 aromatic rings. The van der Waals surface area contributed by atoms with Crippen LogP contribution in [-0.4, -0.2) is 10.9 Å². The first kappa shape index (κ1) is 16.2. The van der Waals surface area contributed by atoms with Gasteiger partial charge in [0.15, 0.2) is 0 Å². The molecule has 0 bridgehead atoms. The third-order valence-electron chi connectivity index (χ3n) is 4.55. The zero-order valence-electron chi connectivity index (χ0n) is 14.4. The Hall–Kier alpha value is -3.33. The van der Waals surface area contributed by atoms with Crippen LogP contribution in [0.4, 0.5) is 0 Å². The van der Waals surface area contributed by atoms with Gasteiger partial charge >= 0.3 is 0 Å². The van der Waals surface area contributed by atoms with Crippen molar-refractivity contribution in [2.24, 2.45) is 0 Å². The highest BCUT2D eigenvalue weighted by Crippen LogP contribution is 2.22. The molecule has 2 N–H and O–H groups in total. The minimum Gasteiger partial charge on any atom is -0.361 e. The van der Waals surface area contributed by atoms with Crippen molar-refractivity contribution in [1.29, 1.82) is 0 Å². The van der Waals surface area contributed by atoms with Gasteiger partial charge in [-0.3, -0.25) is 4.79 Å². The van der Waals surface area contributed by atoms with E-state index in [-0.39, 0.29) is 11.9 Å². The molecule has 0 unspecified atom stereocenters. The van der Waals surface area contributed by atoms with E-state index >= 15 is 0 Å². The number of carbonyl (C=O) groups is 1. The summed E-state index contributed by atoms with van der Waals surface area (Å²) in [5.41, 5.74) is 4.25. The number of hydrogen-bond acceptors (Lipinski definition) is 1. The number of aromatic nitrogens is 1. The molecule has 0 aliphatic carbocycles. The topological polar surface area (TPSA) is 44.9 Å². The highest BCUT2D eigenvalue weighted by molar-refractivity contribution is 5.84. The molecular formula is C23H20N2O. The third kappa shape index (κ3) is 3.52. The summed E-state index contributed by atoms with van der Waals surface area (Å²) in [6, 6.07) is 28.1. The van der Waals surface area contributed by atoms with Gasteiger partial charge in [0.1, 0.15) is 0 Å². The third-order valence-corrected chi connectivity index (χ3v) is 4.55. The van der Waals surface area contributed by atoms with Crippen molar-refractivity contribution in [3.63, 3.8) is 0 Å². The molecular weight excluding hydrogens is 320 g/mol. The van der Waals surface area contributed by atoms with Crippen LogP contribution < -0.4 is 5.32 Å². The molecule has 0 radical (unpaired) electrons. The van der Waals surface area contributed by atoms with Gasteiger partial charge in [-0.05, 0) is 40.3 Å². The minimum absolute atomic E-state index is 0.0117. The van der Waals surface area contributed by atoms with Gasteiger partial charge in [0.2, 0.25) is 5.91 Å². The first-order chi connectivity index (χ1) is 12.8. The summed E-state index contributed by atoms with van der Waals surface area (Å²) >= 11 is 0. The van der Waals surface area contributed by atoms with Crippen LogP contribution in [0.5, 0.6) is 0 Å². The molecule has 1 aromatic heterocycles. The lowest BCUT2D eigenvalue weighted by Crippen LogP contribution is -2.30. The molecule has 1 amide bonds. The van der Waals surface area contributed by atoms with Crippen LogP contribution in [0.1, 0.15) is 22.7 Å². The highest BCUT2D eigenvalue weighted by atomic mass is 16.1. The second-order valence-electron chi connectivity index (χ2n) is 6.40. The van der Waals surface area contributed by atoms with Crippen molar-refractivity contribution in [3.05, 3.63) is 108 Å². The van der Waals surface area contributed by atoms with Crippen molar-refractivity contribution < 1.29 is 4.79 Å². The van der Waals surface area contributed by atoms with Gasteiger partial charge in [0, 0.05) is 11.7 Å². The molecule has 0 atom stereocenters. The van der Waals surface area contributed by atoms with Crippen LogP contribution in [-0.2, 0) is 11.2 Å². The van der Waals surface area contributed by atoms with E-state index in [1.807, 2.05) is 85.1 Å². The number of amides is 1. The Morgan fingerprint density at radius 1 is 0.846 bits per heavy atom. The molecule has 0 fully saturated rings. The quantitative estimate of drug-likeness (QED) is 0.547. The van der Waals surface area contributed by atoms with Crippen LogP contribution in [0.2, 0.25) is 0 Å². The number of nitrogens with one attached hydrogen (secondary N) is 2. The lowest BCUT2D eigenvalue weighted by atomic mass is 9.98. The fraction of sp³-hybridized carbons (Fsp3) is 0.0870. The second kappa shape index (κ2) is 7.28. The van der Waals surface area contributed by atoms with E-state index in [0.717, 1.165) is 27.6 Å². The predicted molar refractivity (Wildman–Crippen MR) is 105 cm³/mol.